The zero-order chi connectivity index (χ0) is 9.61. The number of aliphatic imine (C=N–C) groups is 1. The van der Waals surface area contributed by atoms with Crippen molar-refractivity contribution in [2.75, 3.05) is 13.6 Å². The molecule has 0 rings (SSSR count). The van der Waals surface area contributed by atoms with E-state index >= 15 is 0 Å². The van der Waals surface area contributed by atoms with Gasteiger partial charge in [0.25, 0.3) is 0 Å². The normalized spacial score (nSPS) is 12.1. The van der Waals surface area contributed by atoms with Crippen molar-refractivity contribution in [1.82, 2.24) is 10.6 Å². The molecule has 0 aliphatic rings. The van der Waals surface area contributed by atoms with Gasteiger partial charge in [-0.1, -0.05) is 5.92 Å². The van der Waals surface area contributed by atoms with Crippen molar-refractivity contribution in [3.8, 4) is 12.3 Å². The Morgan fingerprint density at radius 2 is 2.08 bits per heavy atom. The van der Waals surface area contributed by atoms with Crippen molar-refractivity contribution in [1.29, 1.82) is 0 Å². The Labute approximate surface area is 74.7 Å². The van der Waals surface area contributed by atoms with Gasteiger partial charge in [0.2, 0.25) is 0 Å². The molecular weight excluding hydrogens is 150 g/mol. The maximum Gasteiger partial charge on any atom is 0.192 e. The molecule has 0 bridgehead atoms. The molecule has 3 heteroatoms. The third kappa shape index (κ3) is 5.60. The topological polar surface area (TPSA) is 36.4 Å². The molecule has 0 aromatic carbocycles. The number of rotatable bonds is 1. The molecule has 0 aromatic rings. The lowest BCUT2D eigenvalue weighted by Crippen LogP contribution is -2.47. The van der Waals surface area contributed by atoms with Gasteiger partial charge in [-0.05, 0) is 20.8 Å². The van der Waals surface area contributed by atoms with Crippen LogP contribution in [0.2, 0.25) is 0 Å². The molecular formula is C9H17N3. The zero-order valence-electron chi connectivity index (χ0n) is 8.23. The molecule has 0 aromatic heterocycles. The number of guanidine groups is 1. The summed E-state index contributed by atoms with van der Waals surface area (Å²) in [5.41, 5.74) is 0.0104. The van der Waals surface area contributed by atoms with Crippen LogP contribution in [0.5, 0.6) is 0 Å². The minimum absolute atomic E-state index is 0.0104. The van der Waals surface area contributed by atoms with Crippen molar-refractivity contribution in [2.24, 2.45) is 4.99 Å². The Kier molecular flexibility index (Phi) is 4.20. The van der Waals surface area contributed by atoms with E-state index in [1.54, 1.807) is 7.05 Å². The first-order chi connectivity index (χ1) is 5.49. The van der Waals surface area contributed by atoms with Crippen LogP contribution >= 0.6 is 0 Å². The first-order valence-corrected chi connectivity index (χ1v) is 3.92. The van der Waals surface area contributed by atoms with E-state index in [4.69, 9.17) is 6.42 Å². The average molecular weight is 167 g/mol. The highest BCUT2D eigenvalue weighted by atomic mass is 15.2. The molecule has 0 spiro atoms. The van der Waals surface area contributed by atoms with Gasteiger partial charge < -0.3 is 10.6 Å². The van der Waals surface area contributed by atoms with Gasteiger partial charge in [-0.25, -0.2) is 0 Å². The summed E-state index contributed by atoms with van der Waals surface area (Å²) in [7, 11) is 1.72. The standard InChI is InChI=1S/C9H17N3/c1-6-7-11-8(10-5)12-9(2,3)4/h1H,7H2,2-5H3,(H2,10,11,12). The van der Waals surface area contributed by atoms with Crippen LogP contribution in [0.25, 0.3) is 0 Å². The lowest BCUT2D eigenvalue weighted by atomic mass is 10.1. The second-order valence-electron chi connectivity index (χ2n) is 3.50. The van der Waals surface area contributed by atoms with Crippen LogP contribution in [-0.2, 0) is 0 Å². The predicted octanol–water partition coefficient (Wildman–Crippen LogP) is 0.583. The van der Waals surface area contributed by atoms with E-state index in [2.05, 4.69) is 42.3 Å². The first kappa shape index (κ1) is 10.8. The van der Waals surface area contributed by atoms with Crippen LogP contribution in [0.15, 0.2) is 4.99 Å². The van der Waals surface area contributed by atoms with Crippen LogP contribution in [0.4, 0.5) is 0 Å². The third-order valence-corrected chi connectivity index (χ3v) is 1.07. The number of nitrogens with one attached hydrogen (secondary N) is 2. The summed E-state index contributed by atoms with van der Waals surface area (Å²) in [6.07, 6.45) is 5.10. The van der Waals surface area contributed by atoms with Gasteiger partial charge >= 0.3 is 0 Å². The average Bonchev–Trinajstić information content (AvgIpc) is 1.95. The van der Waals surface area contributed by atoms with E-state index < -0.39 is 0 Å². The Bertz CT molecular complexity index is 193. The van der Waals surface area contributed by atoms with Crippen molar-refractivity contribution in [3.63, 3.8) is 0 Å². The van der Waals surface area contributed by atoms with Crippen LogP contribution in [0, 0.1) is 12.3 Å². The number of hydrogen-bond acceptors (Lipinski definition) is 1. The van der Waals surface area contributed by atoms with E-state index in [0.717, 1.165) is 5.96 Å². The highest BCUT2D eigenvalue weighted by Gasteiger charge is 2.10. The SMILES string of the molecule is C#CCNC(=NC)NC(C)(C)C. The molecule has 0 saturated heterocycles. The fourth-order valence-corrected chi connectivity index (χ4v) is 0.669. The second-order valence-corrected chi connectivity index (χ2v) is 3.50. The Morgan fingerprint density at radius 3 is 2.42 bits per heavy atom. The Morgan fingerprint density at radius 1 is 1.50 bits per heavy atom. The number of hydrogen-bond donors (Lipinski definition) is 2. The van der Waals surface area contributed by atoms with E-state index in [0.29, 0.717) is 6.54 Å². The van der Waals surface area contributed by atoms with Crippen molar-refractivity contribution in [2.45, 2.75) is 26.3 Å². The first-order valence-electron chi connectivity index (χ1n) is 3.92. The molecule has 0 fully saturated rings. The Balaban J connectivity index is 3.96. The molecule has 0 amide bonds. The van der Waals surface area contributed by atoms with E-state index in [1.165, 1.54) is 0 Å². The number of terminal acetylenes is 1. The molecule has 2 N–H and O–H groups in total. The van der Waals surface area contributed by atoms with Gasteiger partial charge in [0.15, 0.2) is 5.96 Å². The highest BCUT2D eigenvalue weighted by Crippen LogP contribution is 1.97. The summed E-state index contributed by atoms with van der Waals surface area (Å²) < 4.78 is 0. The lowest BCUT2D eigenvalue weighted by Gasteiger charge is -2.23. The van der Waals surface area contributed by atoms with Gasteiger partial charge in [0.05, 0.1) is 6.54 Å². The fraction of sp³-hybridized carbons (Fsp3) is 0.667. The molecule has 0 aliphatic carbocycles. The largest absolute Gasteiger partial charge is 0.352 e. The molecule has 0 atom stereocenters. The molecule has 0 unspecified atom stereocenters. The summed E-state index contributed by atoms with van der Waals surface area (Å²) in [4.78, 5) is 4.01. The van der Waals surface area contributed by atoms with E-state index in [9.17, 15) is 0 Å². The third-order valence-electron chi connectivity index (χ3n) is 1.07. The van der Waals surface area contributed by atoms with Crippen molar-refractivity contribution >= 4 is 5.96 Å². The minimum Gasteiger partial charge on any atom is -0.352 e. The van der Waals surface area contributed by atoms with Gasteiger partial charge in [-0.3, -0.25) is 4.99 Å². The monoisotopic (exact) mass is 167 g/mol. The predicted molar refractivity (Wildman–Crippen MR) is 53.1 cm³/mol. The summed E-state index contributed by atoms with van der Waals surface area (Å²) in [5.74, 6) is 3.22. The quantitative estimate of drug-likeness (QED) is 0.340. The maximum absolute atomic E-state index is 5.10. The van der Waals surface area contributed by atoms with E-state index in [-0.39, 0.29) is 5.54 Å². The van der Waals surface area contributed by atoms with Crippen molar-refractivity contribution < 1.29 is 0 Å². The molecule has 68 valence electrons. The van der Waals surface area contributed by atoms with Crippen LogP contribution in [-0.4, -0.2) is 25.1 Å². The fourth-order valence-electron chi connectivity index (χ4n) is 0.669. The molecule has 12 heavy (non-hydrogen) atoms. The van der Waals surface area contributed by atoms with Gasteiger partial charge in [-0.15, -0.1) is 6.42 Å². The number of nitrogens with zero attached hydrogens (tertiary/aromatic N) is 1. The Hall–Kier alpha value is -1.17. The van der Waals surface area contributed by atoms with Gasteiger partial charge in [0, 0.05) is 12.6 Å². The summed E-state index contributed by atoms with van der Waals surface area (Å²) in [5, 5.41) is 6.16. The maximum atomic E-state index is 5.10. The molecule has 0 saturated carbocycles. The van der Waals surface area contributed by atoms with Crippen LogP contribution in [0.1, 0.15) is 20.8 Å². The van der Waals surface area contributed by atoms with Crippen LogP contribution < -0.4 is 10.6 Å². The summed E-state index contributed by atoms with van der Waals surface area (Å²) in [6.45, 7) is 6.69. The summed E-state index contributed by atoms with van der Waals surface area (Å²) in [6, 6.07) is 0. The highest BCUT2D eigenvalue weighted by molar-refractivity contribution is 5.80. The van der Waals surface area contributed by atoms with Gasteiger partial charge in [-0.2, -0.15) is 0 Å². The smallest absolute Gasteiger partial charge is 0.192 e. The van der Waals surface area contributed by atoms with Crippen LogP contribution in [0.3, 0.4) is 0 Å². The molecule has 0 radical (unpaired) electrons. The summed E-state index contributed by atoms with van der Waals surface area (Å²) >= 11 is 0. The van der Waals surface area contributed by atoms with Gasteiger partial charge in [0.1, 0.15) is 0 Å². The molecule has 0 heterocycles. The molecule has 3 nitrogen and oxygen atoms in total. The zero-order valence-corrected chi connectivity index (χ0v) is 8.23. The minimum atomic E-state index is 0.0104. The van der Waals surface area contributed by atoms with E-state index in [1.807, 2.05) is 0 Å². The van der Waals surface area contributed by atoms with Crippen molar-refractivity contribution in [3.05, 3.63) is 0 Å². The molecule has 0 aliphatic heterocycles. The second kappa shape index (κ2) is 4.66. The lowest BCUT2D eigenvalue weighted by molar-refractivity contribution is 0.503.